The molecule has 166 valence electrons. The van der Waals surface area contributed by atoms with Crippen LogP contribution in [0.3, 0.4) is 0 Å². The smallest absolute Gasteiger partial charge is 0.255 e. The maximum absolute atomic E-state index is 12.6. The van der Waals surface area contributed by atoms with Crippen LogP contribution in [0.2, 0.25) is 0 Å². The minimum Gasteiger partial charge on any atom is -0.481 e. The van der Waals surface area contributed by atoms with Gasteiger partial charge in [0.05, 0.1) is 29.8 Å². The van der Waals surface area contributed by atoms with E-state index in [9.17, 15) is 13.2 Å². The predicted octanol–water partition coefficient (Wildman–Crippen LogP) is 2.10. The molecule has 2 fully saturated rings. The summed E-state index contributed by atoms with van der Waals surface area (Å²) < 4.78 is 36.9. The van der Waals surface area contributed by atoms with Crippen LogP contribution in [0.5, 0.6) is 11.8 Å². The molecule has 4 rings (SSSR count). The van der Waals surface area contributed by atoms with Gasteiger partial charge in [-0.3, -0.25) is 9.10 Å². The van der Waals surface area contributed by atoms with E-state index >= 15 is 0 Å². The number of aromatic nitrogens is 2. The lowest BCUT2D eigenvalue weighted by Crippen LogP contribution is -2.41. The highest BCUT2D eigenvalue weighted by atomic mass is 32.2. The van der Waals surface area contributed by atoms with Gasteiger partial charge in [0.15, 0.2) is 0 Å². The van der Waals surface area contributed by atoms with Crippen LogP contribution in [0.1, 0.15) is 36.0 Å². The Hall–Kier alpha value is -2.88. The van der Waals surface area contributed by atoms with Crippen LogP contribution < -0.4 is 13.8 Å². The normalized spacial score (nSPS) is 17.3. The number of methoxy groups -OCH3 is 1. The lowest BCUT2D eigenvalue weighted by Gasteiger charge is -2.32. The number of piperidine rings is 1. The number of anilines is 1. The summed E-state index contributed by atoms with van der Waals surface area (Å²) in [6.07, 6.45) is 5.81. The van der Waals surface area contributed by atoms with E-state index in [0.717, 1.165) is 12.8 Å². The summed E-state index contributed by atoms with van der Waals surface area (Å²) in [6, 6.07) is 6.78. The van der Waals surface area contributed by atoms with E-state index in [4.69, 9.17) is 9.47 Å². The van der Waals surface area contributed by atoms with E-state index in [2.05, 4.69) is 9.97 Å². The standard InChI is InChI=1S/C21H26N4O5S/c1-24(31(27,28)18-5-6-18)16-4-8-20(23-14-16)30-17-9-11-25(12-10-17)21(26)15-3-7-19(29-2)22-13-15/h3-4,7-8,13-14,17-18H,5-6,9-12H2,1-2H3. The third kappa shape index (κ3) is 4.73. The van der Waals surface area contributed by atoms with E-state index < -0.39 is 10.0 Å². The number of carbonyl (C=O) groups excluding carboxylic acids is 1. The van der Waals surface area contributed by atoms with E-state index in [-0.39, 0.29) is 17.3 Å². The lowest BCUT2D eigenvalue weighted by molar-refractivity contribution is 0.0587. The predicted molar refractivity (Wildman–Crippen MR) is 115 cm³/mol. The van der Waals surface area contributed by atoms with E-state index in [1.165, 1.54) is 23.8 Å². The topological polar surface area (TPSA) is 102 Å². The van der Waals surface area contributed by atoms with Crippen molar-refractivity contribution in [1.82, 2.24) is 14.9 Å². The van der Waals surface area contributed by atoms with Crippen molar-refractivity contribution in [3.63, 3.8) is 0 Å². The van der Waals surface area contributed by atoms with Crippen LogP contribution in [0.4, 0.5) is 5.69 Å². The van der Waals surface area contributed by atoms with Gasteiger partial charge in [-0.05, 0) is 25.0 Å². The average molecular weight is 447 g/mol. The van der Waals surface area contributed by atoms with Gasteiger partial charge < -0.3 is 14.4 Å². The Bertz CT molecular complexity index is 1010. The molecule has 2 aliphatic rings. The highest BCUT2D eigenvalue weighted by molar-refractivity contribution is 7.93. The number of hydrogen-bond donors (Lipinski definition) is 0. The molecule has 0 aromatic carbocycles. The van der Waals surface area contributed by atoms with Crippen LogP contribution in [-0.2, 0) is 10.0 Å². The number of rotatable bonds is 7. The molecular weight excluding hydrogens is 420 g/mol. The minimum atomic E-state index is -3.30. The largest absolute Gasteiger partial charge is 0.481 e. The molecule has 31 heavy (non-hydrogen) atoms. The van der Waals surface area contributed by atoms with E-state index in [0.29, 0.717) is 48.9 Å². The number of ether oxygens (including phenoxy) is 2. The zero-order chi connectivity index (χ0) is 22.0. The molecule has 1 aliphatic carbocycles. The van der Waals surface area contributed by atoms with Crippen molar-refractivity contribution in [1.29, 1.82) is 0 Å². The fraction of sp³-hybridized carbons (Fsp3) is 0.476. The maximum atomic E-state index is 12.6. The van der Waals surface area contributed by atoms with Gasteiger partial charge in [-0.25, -0.2) is 18.4 Å². The summed E-state index contributed by atoms with van der Waals surface area (Å²) in [7, 11) is -0.212. The van der Waals surface area contributed by atoms with Crippen molar-refractivity contribution in [2.45, 2.75) is 37.0 Å². The second-order valence-corrected chi connectivity index (χ2v) is 10.0. The third-order valence-electron chi connectivity index (χ3n) is 5.62. The fourth-order valence-corrected chi connectivity index (χ4v) is 5.10. The molecule has 3 heterocycles. The molecule has 1 amide bonds. The van der Waals surface area contributed by atoms with Crippen molar-refractivity contribution < 1.29 is 22.7 Å². The Kier molecular flexibility index (Phi) is 5.99. The van der Waals surface area contributed by atoms with Gasteiger partial charge in [-0.1, -0.05) is 0 Å². The Labute approximate surface area is 182 Å². The number of likely N-dealkylation sites (tertiary alicyclic amines) is 1. The average Bonchev–Trinajstić information content (AvgIpc) is 3.65. The number of pyridine rings is 2. The van der Waals surface area contributed by atoms with Gasteiger partial charge in [0.25, 0.3) is 5.91 Å². The second kappa shape index (κ2) is 8.70. The Balaban J connectivity index is 1.30. The molecule has 0 spiro atoms. The monoisotopic (exact) mass is 446 g/mol. The summed E-state index contributed by atoms with van der Waals surface area (Å²) in [5.41, 5.74) is 1.05. The van der Waals surface area contributed by atoms with Crippen molar-refractivity contribution >= 4 is 21.6 Å². The summed E-state index contributed by atoms with van der Waals surface area (Å²) in [5.74, 6) is 0.861. The number of hydrogen-bond acceptors (Lipinski definition) is 7. The molecular formula is C21H26N4O5S. The number of carbonyl (C=O) groups is 1. The summed E-state index contributed by atoms with van der Waals surface area (Å²) in [4.78, 5) is 22.8. The summed E-state index contributed by atoms with van der Waals surface area (Å²) in [6.45, 7) is 1.16. The van der Waals surface area contributed by atoms with Crippen LogP contribution >= 0.6 is 0 Å². The molecule has 0 unspecified atom stereocenters. The van der Waals surface area contributed by atoms with E-state index in [1.54, 1.807) is 36.2 Å². The van der Waals surface area contributed by atoms with Crippen LogP contribution in [-0.4, -0.2) is 67.8 Å². The van der Waals surface area contributed by atoms with Gasteiger partial charge in [0.2, 0.25) is 21.8 Å². The molecule has 2 aromatic heterocycles. The Morgan fingerprint density at radius 2 is 1.71 bits per heavy atom. The van der Waals surface area contributed by atoms with Crippen LogP contribution in [0.25, 0.3) is 0 Å². The molecule has 10 heteroatoms. The van der Waals surface area contributed by atoms with Gasteiger partial charge in [0.1, 0.15) is 6.10 Å². The molecule has 0 radical (unpaired) electrons. The zero-order valence-electron chi connectivity index (χ0n) is 17.6. The minimum absolute atomic E-state index is 0.0516. The molecule has 0 atom stereocenters. The first-order valence-corrected chi connectivity index (χ1v) is 11.8. The first-order valence-electron chi connectivity index (χ1n) is 10.3. The van der Waals surface area contributed by atoms with E-state index in [1.807, 2.05) is 0 Å². The highest BCUT2D eigenvalue weighted by Crippen LogP contribution is 2.33. The number of amides is 1. The SMILES string of the molecule is COc1ccc(C(=O)N2CCC(Oc3ccc(N(C)S(=O)(=O)C4CC4)cn3)CC2)cn1. The second-order valence-electron chi connectivity index (χ2n) is 7.77. The Morgan fingerprint density at radius 1 is 1.03 bits per heavy atom. The third-order valence-corrected chi connectivity index (χ3v) is 7.91. The molecule has 0 N–H and O–H groups in total. The molecule has 1 saturated heterocycles. The van der Waals surface area contributed by atoms with Crippen LogP contribution in [0, 0.1) is 0 Å². The van der Waals surface area contributed by atoms with Crippen molar-refractivity contribution in [3.05, 3.63) is 42.2 Å². The van der Waals surface area contributed by atoms with Crippen molar-refractivity contribution in [3.8, 4) is 11.8 Å². The maximum Gasteiger partial charge on any atom is 0.255 e. The summed E-state index contributed by atoms with van der Waals surface area (Å²) >= 11 is 0. The van der Waals surface area contributed by atoms with Gasteiger partial charge >= 0.3 is 0 Å². The Morgan fingerprint density at radius 3 is 2.26 bits per heavy atom. The molecule has 1 saturated carbocycles. The summed E-state index contributed by atoms with van der Waals surface area (Å²) in [5, 5.41) is -0.269. The lowest BCUT2D eigenvalue weighted by atomic mass is 10.1. The highest BCUT2D eigenvalue weighted by Gasteiger charge is 2.39. The van der Waals surface area contributed by atoms with Crippen molar-refractivity contribution in [2.24, 2.45) is 0 Å². The van der Waals surface area contributed by atoms with Gasteiger partial charge in [-0.2, -0.15) is 0 Å². The van der Waals surface area contributed by atoms with Gasteiger partial charge in [0, 0.05) is 51.3 Å². The fourth-order valence-electron chi connectivity index (χ4n) is 3.52. The van der Waals surface area contributed by atoms with Gasteiger partial charge in [-0.15, -0.1) is 0 Å². The van der Waals surface area contributed by atoms with Crippen molar-refractivity contribution in [2.75, 3.05) is 31.6 Å². The molecule has 9 nitrogen and oxygen atoms in total. The van der Waals surface area contributed by atoms with Crippen LogP contribution in [0.15, 0.2) is 36.7 Å². The first-order chi connectivity index (χ1) is 14.9. The zero-order valence-corrected chi connectivity index (χ0v) is 18.4. The first kappa shape index (κ1) is 21.4. The molecule has 0 bridgehead atoms. The molecule has 1 aliphatic heterocycles. The molecule has 2 aromatic rings. The quantitative estimate of drug-likeness (QED) is 0.642. The number of sulfonamides is 1. The number of nitrogens with zero attached hydrogens (tertiary/aromatic N) is 4.